The number of carbonyl (C=O) groups is 1. The van der Waals surface area contributed by atoms with Crippen molar-refractivity contribution in [1.29, 1.82) is 0 Å². The van der Waals surface area contributed by atoms with Gasteiger partial charge in [0.1, 0.15) is 5.75 Å². The van der Waals surface area contributed by atoms with Gasteiger partial charge < -0.3 is 10.4 Å². The maximum atomic E-state index is 12.2. The van der Waals surface area contributed by atoms with Crippen molar-refractivity contribution in [3.8, 4) is 5.75 Å². The molecule has 0 radical (unpaired) electrons. The Morgan fingerprint density at radius 3 is 2.43 bits per heavy atom. The van der Waals surface area contributed by atoms with Gasteiger partial charge in [0.2, 0.25) is 0 Å². The minimum absolute atomic E-state index is 0.0309. The van der Waals surface area contributed by atoms with Gasteiger partial charge in [0.25, 0.3) is 5.91 Å². The molecule has 0 heterocycles. The molecule has 0 aliphatic rings. The van der Waals surface area contributed by atoms with Crippen LogP contribution >= 0.6 is 11.6 Å². The Morgan fingerprint density at radius 2 is 1.81 bits per heavy atom. The van der Waals surface area contributed by atoms with Crippen molar-refractivity contribution in [2.45, 2.75) is 26.2 Å². The van der Waals surface area contributed by atoms with Crippen LogP contribution in [0.15, 0.2) is 42.5 Å². The van der Waals surface area contributed by atoms with Crippen LogP contribution in [0.5, 0.6) is 5.75 Å². The third-order valence-electron chi connectivity index (χ3n) is 3.23. The number of hydrogen-bond acceptors (Lipinski definition) is 2. The van der Waals surface area contributed by atoms with E-state index in [4.69, 9.17) is 11.6 Å². The van der Waals surface area contributed by atoms with Gasteiger partial charge in [-0.3, -0.25) is 4.79 Å². The summed E-state index contributed by atoms with van der Waals surface area (Å²) < 4.78 is 0. The first-order chi connectivity index (χ1) is 9.79. The summed E-state index contributed by atoms with van der Waals surface area (Å²) >= 11 is 6.01. The molecule has 0 saturated carbocycles. The first kappa shape index (κ1) is 15.4. The molecule has 21 heavy (non-hydrogen) atoms. The Bertz CT molecular complexity index is 675. The van der Waals surface area contributed by atoms with E-state index in [-0.39, 0.29) is 17.1 Å². The van der Waals surface area contributed by atoms with E-state index in [1.54, 1.807) is 36.4 Å². The van der Waals surface area contributed by atoms with E-state index in [2.05, 4.69) is 26.1 Å². The first-order valence-corrected chi connectivity index (χ1v) is 7.06. The maximum absolute atomic E-state index is 12.2. The van der Waals surface area contributed by atoms with Gasteiger partial charge in [0.05, 0.1) is 16.3 Å². The maximum Gasteiger partial charge on any atom is 0.257 e. The lowest BCUT2D eigenvalue weighted by molar-refractivity contribution is 0.102. The molecule has 0 fully saturated rings. The van der Waals surface area contributed by atoms with Crippen LogP contribution in [0.3, 0.4) is 0 Å². The normalized spacial score (nSPS) is 11.2. The zero-order valence-electron chi connectivity index (χ0n) is 12.3. The van der Waals surface area contributed by atoms with Crippen molar-refractivity contribution < 1.29 is 9.90 Å². The molecule has 3 nitrogen and oxygen atoms in total. The third kappa shape index (κ3) is 3.56. The Labute approximate surface area is 129 Å². The van der Waals surface area contributed by atoms with Gasteiger partial charge in [0.15, 0.2) is 0 Å². The highest BCUT2D eigenvalue weighted by molar-refractivity contribution is 6.34. The summed E-state index contributed by atoms with van der Waals surface area (Å²) in [6.45, 7) is 6.21. The molecule has 0 aliphatic heterocycles. The Morgan fingerprint density at radius 1 is 1.14 bits per heavy atom. The molecule has 0 spiro atoms. The zero-order valence-corrected chi connectivity index (χ0v) is 13.0. The van der Waals surface area contributed by atoms with E-state index in [1.807, 2.05) is 6.07 Å². The van der Waals surface area contributed by atoms with Crippen LogP contribution in [-0.4, -0.2) is 11.0 Å². The molecule has 110 valence electrons. The molecule has 2 aromatic rings. The molecule has 0 aromatic heterocycles. The SMILES string of the molecule is CC(C)(C)c1ccc(O)c(NC(=O)c2ccccc2Cl)c1. The molecule has 2 rings (SSSR count). The molecule has 1 amide bonds. The van der Waals surface area contributed by atoms with E-state index >= 15 is 0 Å². The van der Waals surface area contributed by atoms with Crippen molar-refractivity contribution in [1.82, 2.24) is 0 Å². The summed E-state index contributed by atoms with van der Waals surface area (Å²) in [5, 5.41) is 13.0. The van der Waals surface area contributed by atoms with Gasteiger partial charge in [-0.25, -0.2) is 0 Å². The number of carbonyl (C=O) groups excluding carboxylic acids is 1. The monoisotopic (exact) mass is 303 g/mol. The smallest absolute Gasteiger partial charge is 0.257 e. The Kier molecular flexibility index (Phi) is 4.24. The van der Waals surface area contributed by atoms with Crippen molar-refractivity contribution in [3.63, 3.8) is 0 Å². The van der Waals surface area contributed by atoms with Crippen LogP contribution in [0.2, 0.25) is 5.02 Å². The second kappa shape index (κ2) is 5.78. The van der Waals surface area contributed by atoms with Gasteiger partial charge in [-0.1, -0.05) is 50.6 Å². The molecule has 0 aliphatic carbocycles. The van der Waals surface area contributed by atoms with E-state index in [1.165, 1.54) is 0 Å². The summed E-state index contributed by atoms with van der Waals surface area (Å²) in [5.74, 6) is -0.314. The van der Waals surface area contributed by atoms with Crippen molar-refractivity contribution in [2.24, 2.45) is 0 Å². The van der Waals surface area contributed by atoms with Gasteiger partial charge in [0, 0.05) is 0 Å². The zero-order chi connectivity index (χ0) is 15.6. The predicted molar refractivity (Wildman–Crippen MR) is 86.2 cm³/mol. The predicted octanol–water partition coefficient (Wildman–Crippen LogP) is 4.60. The third-order valence-corrected chi connectivity index (χ3v) is 3.56. The van der Waals surface area contributed by atoms with Gasteiger partial charge in [-0.05, 0) is 35.2 Å². The molecule has 0 unspecified atom stereocenters. The number of phenolic OH excluding ortho intramolecular Hbond substituents is 1. The van der Waals surface area contributed by atoms with Gasteiger partial charge in [-0.15, -0.1) is 0 Å². The van der Waals surface area contributed by atoms with Gasteiger partial charge >= 0.3 is 0 Å². The number of benzene rings is 2. The average Bonchev–Trinajstić information content (AvgIpc) is 2.40. The minimum Gasteiger partial charge on any atom is -0.506 e. The van der Waals surface area contributed by atoms with Crippen LogP contribution in [0.25, 0.3) is 0 Å². The molecule has 0 bridgehead atoms. The van der Waals surface area contributed by atoms with E-state index < -0.39 is 0 Å². The molecular weight excluding hydrogens is 286 g/mol. The molecule has 0 atom stereocenters. The summed E-state index contributed by atoms with van der Waals surface area (Å²) in [4.78, 5) is 12.2. The number of anilines is 1. The lowest BCUT2D eigenvalue weighted by atomic mass is 9.87. The number of nitrogens with one attached hydrogen (secondary N) is 1. The average molecular weight is 304 g/mol. The highest BCUT2D eigenvalue weighted by Gasteiger charge is 2.17. The fourth-order valence-electron chi connectivity index (χ4n) is 1.94. The van der Waals surface area contributed by atoms with E-state index in [0.717, 1.165) is 5.56 Å². The number of rotatable bonds is 2. The minimum atomic E-state index is -0.345. The second-order valence-electron chi connectivity index (χ2n) is 5.92. The summed E-state index contributed by atoms with van der Waals surface area (Å²) in [7, 11) is 0. The van der Waals surface area contributed by atoms with Crippen molar-refractivity contribution in [2.75, 3.05) is 5.32 Å². The summed E-state index contributed by atoms with van der Waals surface area (Å²) in [6.07, 6.45) is 0. The van der Waals surface area contributed by atoms with Gasteiger partial charge in [-0.2, -0.15) is 0 Å². The molecule has 4 heteroatoms. The summed E-state index contributed by atoms with van der Waals surface area (Å²) in [6, 6.07) is 12.0. The van der Waals surface area contributed by atoms with Crippen LogP contribution in [-0.2, 0) is 5.41 Å². The molecule has 2 aromatic carbocycles. The fraction of sp³-hybridized carbons (Fsp3) is 0.235. The van der Waals surface area contributed by atoms with E-state index in [0.29, 0.717) is 16.3 Å². The van der Waals surface area contributed by atoms with E-state index in [9.17, 15) is 9.90 Å². The van der Waals surface area contributed by atoms with Crippen LogP contribution in [0.4, 0.5) is 5.69 Å². The number of phenols is 1. The topological polar surface area (TPSA) is 49.3 Å². The highest BCUT2D eigenvalue weighted by atomic mass is 35.5. The summed E-state index contributed by atoms with van der Waals surface area (Å²) in [5.41, 5.74) is 1.71. The van der Waals surface area contributed by atoms with Crippen LogP contribution in [0.1, 0.15) is 36.7 Å². The lowest BCUT2D eigenvalue weighted by Gasteiger charge is -2.20. The lowest BCUT2D eigenvalue weighted by Crippen LogP contribution is -2.15. The molecular formula is C17H18ClNO2. The van der Waals surface area contributed by atoms with Crippen molar-refractivity contribution in [3.05, 3.63) is 58.6 Å². The van der Waals surface area contributed by atoms with Crippen LogP contribution in [0, 0.1) is 0 Å². The second-order valence-corrected chi connectivity index (χ2v) is 6.32. The standard InChI is InChI=1S/C17H18ClNO2/c1-17(2,3)11-8-9-15(20)14(10-11)19-16(21)12-6-4-5-7-13(12)18/h4-10,20H,1-3H3,(H,19,21). The number of amides is 1. The molecule has 0 saturated heterocycles. The fourth-order valence-corrected chi connectivity index (χ4v) is 2.16. The Hall–Kier alpha value is -2.00. The highest BCUT2D eigenvalue weighted by Crippen LogP contribution is 2.31. The van der Waals surface area contributed by atoms with Crippen molar-refractivity contribution >= 4 is 23.2 Å². The Balaban J connectivity index is 2.31. The molecule has 2 N–H and O–H groups in total. The largest absolute Gasteiger partial charge is 0.506 e. The first-order valence-electron chi connectivity index (χ1n) is 6.68. The number of halogens is 1. The van der Waals surface area contributed by atoms with Crippen LogP contribution < -0.4 is 5.32 Å². The number of aromatic hydroxyl groups is 1. The number of hydrogen-bond donors (Lipinski definition) is 2. The quantitative estimate of drug-likeness (QED) is 0.797.